The maximum atomic E-state index is 10.7. The number of hydrogen-bond donors (Lipinski definition) is 1. The molecule has 0 bridgehead atoms. The van der Waals surface area contributed by atoms with E-state index in [1.54, 1.807) is 0 Å². The number of benzene rings is 1. The van der Waals surface area contributed by atoms with Crippen molar-refractivity contribution < 1.29 is 9.90 Å². The van der Waals surface area contributed by atoms with E-state index in [0.29, 0.717) is 19.5 Å². The van der Waals surface area contributed by atoms with E-state index in [4.69, 9.17) is 5.11 Å². The van der Waals surface area contributed by atoms with E-state index < -0.39 is 5.97 Å². The third-order valence-electron chi connectivity index (χ3n) is 3.46. The summed E-state index contributed by atoms with van der Waals surface area (Å²) in [5.41, 5.74) is 1.06. The molecule has 0 saturated carbocycles. The smallest absolute Gasteiger partial charge is 0.303 e. The monoisotopic (exact) mass is 288 g/mol. The molecule has 0 atom stereocenters. The van der Waals surface area contributed by atoms with Crippen LogP contribution in [0.3, 0.4) is 0 Å². The van der Waals surface area contributed by atoms with E-state index in [2.05, 4.69) is 15.1 Å². The fourth-order valence-corrected chi connectivity index (χ4v) is 2.12. The normalized spacial score (nSPS) is 10.6. The molecule has 6 heteroatoms. The lowest BCUT2D eigenvalue weighted by atomic mass is 10.2. The maximum absolute atomic E-state index is 10.7. The molecule has 112 valence electrons. The largest absolute Gasteiger partial charge is 0.481 e. The second kappa shape index (κ2) is 6.88. The zero-order valence-corrected chi connectivity index (χ0v) is 12.4. The van der Waals surface area contributed by atoms with Gasteiger partial charge in [0, 0.05) is 25.7 Å². The molecule has 2 aromatic rings. The van der Waals surface area contributed by atoms with E-state index in [1.165, 1.54) is 0 Å². The van der Waals surface area contributed by atoms with Crippen molar-refractivity contribution in [3.63, 3.8) is 0 Å². The summed E-state index contributed by atoms with van der Waals surface area (Å²) in [6, 6.07) is 9.95. The SMILES string of the molecule is Cc1nnc(CN(CCCC(=O)O)c2ccccc2)n1C. The van der Waals surface area contributed by atoms with Gasteiger partial charge in [-0.2, -0.15) is 0 Å². The predicted octanol–water partition coefficient (Wildman–Crippen LogP) is 1.99. The van der Waals surface area contributed by atoms with Gasteiger partial charge in [-0.05, 0) is 25.5 Å². The first-order valence-electron chi connectivity index (χ1n) is 6.94. The van der Waals surface area contributed by atoms with Crippen LogP contribution in [0.5, 0.6) is 0 Å². The quantitative estimate of drug-likeness (QED) is 0.843. The number of aryl methyl sites for hydroxylation is 1. The summed E-state index contributed by atoms with van der Waals surface area (Å²) in [6.07, 6.45) is 0.766. The molecule has 0 aliphatic heterocycles. The second-order valence-corrected chi connectivity index (χ2v) is 4.98. The van der Waals surface area contributed by atoms with Crippen LogP contribution in [-0.2, 0) is 18.4 Å². The number of aliphatic carboxylic acids is 1. The highest BCUT2D eigenvalue weighted by atomic mass is 16.4. The number of aromatic nitrogens is 3. The average Bonchev–Trinajstić information content (AvgIpc) is 2.79. The molecule has 21 heavy (non-hydrogen) atoms. The number of rotatable bonds is 7. The van der Waals surface area contributed by atoms with E-state index in [1.807, 2.05) is 48.9 Å². The van der Waals surface area contributed by atoms with E-state index in [-0.39, 0.29) is 6.42 Å². The summed E-state index contributed by atoms with van der Waals surface area (Å²) in [5.74, 6) is 0.966. The fourth-order valence-electron chi connectivity index (χ4n) is 2.12. The van der Waals surface area contributed by atoms with Gasteiger partial charge < -0.3 is 14.6 Å². The molecule has 0 radical (unpaired) electrons. The Morgan fingerprint density at radius 3 is 2.57 bits per heavy atom. The Bertz CT molecular complexity index is 595. The summed E-state index contributed by atoms with van der Waals surface area (Å²) < 4.78 is 1.95. The van der Waals surface area contributed by atoms with Crippen LogP contribution in [0.25, 0.3) is 0 Å². The highest BCUT2D eigenvalue weighted by molar-refractivity contribution is 5.66. The lowest BCUT2D eigenvalue weighted by Crippen LogP contribution is -2.26. The summed E-state index contributed by atoms with van der Waals surface area (Å²) >= 11 is 0. The standard InChI is InChI=1S/C15H20N4O2/c1-12-16-17-14(18(12)2)11-19(10-6-9-15(20)21)13-7-4-3-5-8-13/h3-5,7-8H,6,9-11H2,1-2H3,(H,20,21). The molecule has 0 spiro atoms. The van der Waals surface area contributed by atoms with Crippen LogP contribution in [0.2, 0.25) is 0 Å². The van der Waals surface area contributed by atoms with Crippen LogP contribution in [0.4, 0.5) is 5.69 Å². The number of carbonyl (C=O) groups is 1. The molecular weight excluding hydrogens is 268 g/mol. The van der Waals surface area contributed by atoms with Crippen molar-refractivity contribution in [2.75, 3.05) is 11.4 Å². The maximum Gasteiger partial charge on any atom is 0.303 e. The number of nitrogens with zero attached hydrogens (tertiary/aromatic N) is 4. The Morgan fingerprint density at radius 1 is 1.29 bits per heavy atom. The van der Waals surface area contributed by atoms with Crippen molar-refractivity contribution >= 4 is 11.7 Å². The Labute approximate surface area is 124 Å². The molecule has 0 saturated heterocycles. The molecule has 0 aliphatic carbocycles. The molecule has 1 aromatic heterocycles. The number of carboxylic acid groups (broad SMARTS) is 1. The lowest BCUT2D eigenvalue weighted by molar-refractivity contribution is -0.137. The summed E-state index contributed by atoms with van der Waals surface area (Å²) in [4.78, 5) is 12.8. The topological polar surface area (TPSA) is 71.2 Å². The van der Waals surface area contributed by atoms with Gasteiger partial charge in [0.25, 0.3) is 0 Å². The van der Waals surface area contributed by atoms with E-state index in [9.17, 15) is 4.79 Å². The lowest BCUT2D eigenvalue weighted by Gasteiger charge is -2.24. The minimum absolute atomic E-state index is 0.168. The zero-order chi connectivity index (χ0) is 15.2. The van der Waals surface area contributed by atoms with Gasteiger partial charge in [-0.25, -0.2) is 0 Å². The molecule has 0 aliphatic rings. The Morgan fingerprint density at radius 2 is 2.00 bits per heavy atom. The minimum atomic E-state index is -0.766. The van der Waals surface area contributed by atoms with Crippen LogP contribution >= 0.6 is 0 Å². The van der Waals surface area contributed by atoms with Crippen LogP contribution in [0.15, 0.2) is 30.3 Å². The van der Waals surface area contributed by atoms with Crippen molar-refractivity contribution in [1.82, 2.24) is 14.8 Å². The van der Waals surface area contributed by atoms with Gasteiger partial charge in [-0.3, -0.25) is 4.79 Å². The number of hydrogen-bond acceptors (Lipinski definition) is 4. The molecule has 6 nitrogen and oxygen atoms in total. The van der Waals surface area contributed by atoms with Crippen LogP contribution in [0, 0.1) is 6.92 Å². The van der Waals surface area contributed by atoms with Gasteiger partial charge in [0.05, 0.1) is 6.54 Å². The summed E-state index contributed by atoms with van der Waals surface area (Å²) in [6.45, 7) is 3.19. The van der Waals surface area contributed by atoms with Gasteiger partial charge in [0.15, 0.2) is 5.82 Å². The van der Waals surface area contributed by atoms with Gasteiger partial charge in [-0.1, -0.05) is 18.2 Å². The Hall–Kier alpha value is -2.37. The molecule has 1 aromatic carbocycles. The molecule has 2 rings (SSSR count). The third kappa shape index (κ3) is 4.05. The molecule has 0 amide bonds. The van der Waals surface area contributed by atoms with Crippen LogP contribution in [0.1, 0.15) is 24.5 Å². The third-order valence-corrected chi connectivity index (χ3v) is 3.46. The Balaban J connectivity index is 2.12. The molecular formula is C15H20N4O2. The molecule has 0 fully saturated rings. The summed E-state index contributed by atoms with van der Waals surface area (Å²) in [7, 11) is 1.94. The van der Waals surface area contributed by atoms with Crippen molar-refractivity contribution in [2.45, 2.75) is 26.3 Å². The van der Waals surface area contributed by atoms with Crippen molar-refractivity contribution in [3.05, 3.63) is 42.0 Å². The number of carboxylic acids is 1. The predicted molar refractivity (Wildman–Crippen MR) is 80.1 cm³/mol. The van der Waals surface area contributed by atoms with Crippen molar-refractivity contribution in [2.24, 2.45) is 7.05 Å². The number of anilines is 1. The molecule has 1 heterocycles. The van der Waals surface area contributed by atoms with Crippen LogP contribution in [-0.4, -0.2) is 32.4 Å². The van der Waals surface area contributed by atoms with E-state index >= 15 is 0 Å². The van der Waals surface area contributed by atoms with Crippen molar-refractivity contribution in [1.29, 1.82) is 0 Å². The van der Waals surface area contributed by atoms with Gasteiger partial charge in [0.1, 0.15) is 5.82 Å². The van der Waals surface area contributed by atoms with Gasteiger partial charge in [-0.15, -0.1) is 10.2 Å². The minimum Gasteiger partial charge on any atom is -0.481 e. The van der Waals surface area contributed by atoms with Crippen molar-refractivity contribution in [3.8, 4) is 0 Å². The first kappa shape index (κ1) is 15.0. The van der Waals surface area contributed by atoms with Crippen LogP contribution < -0.4 is 4.90 Å². The molecule has 0 unspecified atom stereocenters. The highest BCUT2D eigenvalue weighted by Gasteiger charge is 2.12. The average molecular weight is 288 g/mol. The fraction of sp³-hybridized carbons (Fsp3) is 0.400. The molecule has 1 N–H and O–H groups in total. The second-order valence-electron chi connectivity index (χ2n) is 4.98. The number of para-hydroxylation sites is 1. The first-order chi connectivity index (χ1) is 10.1. The van der Waals surface area contributed by atoms with Gasteiger partial charge >= 0.3 is 5.97 Å². The highest BCUT2D eigenvalue weighted by Crippen LogP contribution is 2.17. The summed E-state index contributed by atoms with van der Waals surface area (Å²) in [5, 5.41) is 17.0. The Kier molecular flexibility index (Phi) is 4.92. The first-order valence-corrected chi connectivity index (χ1v) is 6.94. The van der Waals surface area contributed by atoms with E-state index in [0.717, 1.165) is 17.3 Å². The zero-order valence-electron chi connectivity index (χ0n) is 12.4. The van der Waals surface area contributed by atoms with Gasteiger partial charge in [0.2, 0.25) is 0 Å².